The second-order valence-electron chi connectivity index (χ2n) is 5.28. The maximum absolute atomic E-state index is 6.23. The van der Waals surface area contributed by atoms with Crippen LogP contribution in [0.5, 0.6) is 5.75 Å². The molecule has 0 saturated carbocycles. The van der Waals surface area contributed by atoms with Gasteiger partial charge in [0, 0.05) is 5.56 Å². The molecule has 4 heteroatoms. The highest BCUT2D eigenvalue weighted by Gasteiger charge is 2.30. The van der Waals surface area contributed by atoms with Crippen LogP contribution in [0.25, 0.3) is 11.3 Å². The molecule has 1 aromatic carbocycles. The maximum atomic E-state index is 6.23. The quantitative estimate of drug-likeness (QED) is 0.888. The molecule has 1 saturated heterocycles. The maximum Gasteiger partial charge on any atom is 0.165 e. The summed E-state index contributed by atoms with van der Waals surface area (Å²) < 4.78 is 6.23. The lowest BCUT2D eigenvalue weighted by atomic mass is 9.94. The van der Waals surface area contributed by atoms with Crippen LogP contribution in [0.2, 0.25) is 0 Å². The number of hydrogen-bond acceptors (Lipinski definition) is 3. The number of rotatable bonds is 3. The number of hydrogen-bond donors (Lipinski definition) is 2. The largest absolute Gasteiger partial charge is 0.484 e. The van der Waals surface area contributed by atoms with Crippen molar-refractivity contribution >= 4 is 0 Å². The Morgan fingerprint density at radius 1 is 1.16 bits per heavy atom. The summed E-state index contributed by atoms with van der Waals surface area (Å²) in [7, 11) is 0. The summed E-state index contributed by atoms with van der Waals surface area (Å²) in [6, 6.07) is 10.2. The van der Waals surface area contributed by atoms with E-state index in [2.05, 4.69) is 34.6 Å². The molecule has 2 heterocycles. The number of ether oxygens (including phenoxy) is 1. The molecule has 2 aromatic rings. The molecule has 1 fully saturated rings. The first-order chi connectivity index (χ1) is 9.27. The normalized spacial score (nSPS) is 18.2. The van der Waals surface area contributed by atoms with Crippen molar-refractivity contribution in [2.75, 3.05) is 13.1 Å². The molecule has 4 nitrogen and oxygen atoms in total. The van der Waals surface area contributed by atoms with E-state index in [4.69, 9.17) is 4.74 Å². The zero-order valence-electron chi connectivity index (χ0n) is 11.1. The summed E-state index contributed by atoms with van der Waals surface area (Å²) in [4.78, 5) is 0. The first kappa shape index (κ1) is 12.2. The van der Waals surface area contributed by atoms with Gasteiger partial charge >= 0.3 is 0 Å². The van der Waals surface area contributed by atoms with Gasteiger partial charge in [-0.15, -0.1) is 0 Å². The Morgan fingerprint density at radius 2 is 1.89 bits per heavy atom. The minimum Gasteiger partial charge on any atom is -0.484 e. The van der Waals surface area contributed by atoms with Crippen LogP contribution in [0.15, 0.2) is 36.5 Å². The van der Waals surface area contributed by atoms with E-state index in [1.165, 1.54) is 0 Å². The molecule has 0 unspecified atom stereocenters. The zero-order chi connectivity index (χ0) is 13.1. The molecule has 19 heavy (non-hydrogen) atoms. The topological polar surface area (TPSA) is 49.9 Å². The lowest BCUT2D eigenvalue weighted by Gasteiger charge is -2.34. The van der Waals surface area contributed by atoms with E-state index in [0.717, 1.165) is 42.9 Å². The van der Waals surface area contributed by atoms with Crippen molar-refractivity contribution in [2.24, 2.45) is 0 Å². The van der Waals surface area contributed by atoms with Gasteiger partial charge in [-0.05, 0) is 32.9 Å². The Morgan fingerprint density at radius 3 is 2.63 bits per heavy atom. The number of aromatic nitrogens is 2. The predicted octanol–water partition coefficient (Wildman–Crippen LogP) is 2.60. The highest BCUT2D eigenvalue weighted by atomic mass is 16.5. The smallest absolute Gasteiger partial charge is 0.165 e. The highest BCUT2D eigenvalue weighted by Crippen LogP contribution is 2.32. The number of aromatic amines is 1. The third kappa shape index (κ3) is 2.63. The summed E-state index contributed by atoms with van der Waals surface area (Å²) in [6.07, 6.45) is 3.81. The zero-order valence-corrected chi connectivity index (χ0v) is 11.1. The molecule has 0 amide bonds. The second kappa shape index (κ2) is 5.05. The van der Waals surface area contributed by atoms with Gasteiger partial charge in [-0.2, -0.15) is 5.10 Å². The van der Waals surface area contributed by atoms with Gasteiger partial charge in [0.15, 0.2) is 5.75 Å². The average Bonchev–Trinajstić information content (AvgIpc) is 2.88. The molecule has 1 aromatic heterocycles. The molecular formula is C15H19N3O. The fourth-order valence-electron chi connectivity index (χ4n) is 2.49. The monoisotopic (exact) mass is 257 g/mol. The van der Waals surface area contributed by atoms with Gasteiger partial charge in [0.05, 0.1) is 6.20 Å². The van der Waals surface area contributed by atoms with Crippen LogP contribution in [0.3, 0.4) is 0 Å². The SMILES string of the molecule is CC1(Oc2cn[nH]c2-c2ccccc2)CCNCC1. The molecule has 0 spiro atoms. The molecule has 0 bridgehead atoms. The van der Waals surface area contributed by atoms with Crippen LogP contribution in [0, 0.1) is 0 Å². The molecule has 2 N–H and O–H groups in total. The molecule has 1 aliphatic rings. The van der Waals surface area contributed by atoms with Crippen LogP contribution in [0.4, 0.5) is 0 Å². The Hall–Kier alpha value is -1.81. The summed E-state index contributed by atoms with van der Waals surface area (Å²) >= 11 is 0. The molecule has 0 radical (unpaired) electrons. The number of H-pyrrole nitrogens is 1. The van der Waals surface area contributed by atoms with Crippen molar-refractivity contribution < 1.29 is 4.74 Å². The minimum absolute atomic E-state index is 0.0986. The van der Waals surface area contributed by atoms with Gasteiger partial charge in [0.2, 0.25) is 0 Å². The van der Waals surface area contributed by atoms with Crippen molar-refractivity contribution in [3.05, 3.63) is 36.5 Å². The lowest BCUT2D eigenvalue weighted by Crippen LogP contribution is -2.43. The van der Waals surface area contributed by atoms with Crippen molar-refractivity contribution in [1.82, 2.24) is 15.5 Å². The van der Waals surface area contributed by atoms with E-state index in [9.17, 15) is 0 Å². The van der Waals surface area contributed by atoms with E-state index in [1.54, 1.807) is 6.20 Å². The highest BCUT2D eigenvalue weighted by molar-refractivity contribution is 5.65. The number of nitrogens with one attached hydrogen (secondary N) is 2. The Labute approximate surface area is 113 Å². The molecule has 1 aliphatic heterocycles. The number of piperidine rings is 1. The molecular weight excluding hydrogens is 238 g/mol. The van der Waals surface area contributed by atoms with Crippen molar-refractivity contribution in [2.45, 2.75) is 25.4 Å². The summed E-state index contributed by atoms with van der Waals surface area (Å²) in [5, 5.41) is 10.5. The summed E-state index contributed by atoms with van der Waals surface area (Å²) in [5.74, 6) is 0.843. The molecule has 0 aliphatic carbocycles. The van der Waals surface area contributed by atoms with E-state index in [-0.39, 0.29) is 5.60 Å². The summed E-state index contributed by atoms with van der Waals surface area (Å²) in [6.45, 7) is 4.19. The minimum atomic E-state index is -0.0986. The summed E-state index contributed by atoms with van der Waals surface area (Å²) in [5.41, 5.74) is 1.96. The first-order valence-corrected chi connectivity index (χ1v) is 6.75. The van der Waals surface area contributed by atoms with Gasteiger partial charge < -0.3 is 10.1 Å². The fourth-order valence-corrected chi connectivity index (χ4v) is 2.49. The van der Waals surface area contributed by atoms with Crippen LogP contribution in [-0.4, -0.2) is 28.9 Å². The lowest BCUT2D eigenvalue weighted by molar-refractivity contribution is 0.0562. The van der Waals surface area contributed by atoms with Gasteiger partial charge in [0.1, 0.15) is 11.3 Å². The van der Waals surface area contributed by atoms with E-state index in [1.807, 2.05) is 18.2 Å². The Balaban J connectivity index is 1.84. The van der Waals surface area contributed by atoms with Crippen molar-refractivity contribution in [1.29, 1.82) is 0 Å². The second-order valence-corrected chi connectivity index (χ2v) is 5.28. The Kier molecular flexibility index (Phi) is 3.25. The number of nitrogens with zero attached hydrogens (tertiary/aromatic N) is 1. The van der Waals surface area contributed by atoms with Crippen molar-refractivity contribution in [3.63, 3.8) is 0 Å². The van der Waals surface area contributed by atoms with Crippen LogP contribution < -0.4 is 10.1 Å². The van der Waals surface area contributed by atoms with E-state index in [0.29, 0.717) is 0 Å². The molecule has 0 atom stereocenters. The van der Waals surface area contributed by atoms with Crippen LogP contribution in [-0.2, 0) is 0 Å². The van der Waals surface area contributed by atoms with Gasteiger partial charge in [-0.1, -0.05) is 30.3 Å². The third-order valence-corrected chi connectivity index (χ3v) is 3.68. The molecule has 3 rings (SSSR count). The van der Waals surface area contributed by atoms with Gasteiger partial charge in [0.25, 0.3) is 0 Å². The third-order valence-electron chi connectivity index (χ3n) is 3.68. The van der Waals surface area contributed by atoms with Crippen LogP contribution >= 0.6 is 0 Å². The standard InChI is InChI=1S/C15H19N3O/c1-15(7-9-16-10-8-15)19-13-11-17-18-14(13)12-5-3-2-4-6-12/h2-6,11,16H,7-10H2,1H3,(H,17,18). The fraction of sp³-hybridized carbons (Fsp3) is 0.400. The predicted molar refractivity (Wildman–Crippen MR) is 75.2 cm³/mol. The van der Waals surface area contributed by atoms with E-state index >= 15 is 0 Å². The number of benzene rings is 1. The Bertz CT molecular complexity index is 529. The van der Waals surface area contributed by atoms with Crippen molar-refractivity contribution in [3.8, 4) is 17.0 Å². The molecule has 100 valence electrons. The average molecular weight is 257 g/mol. The first-order valence-electron chi connectivity index (χ1n) is 6.75. The van der Waals surface area contributed by atoms with E-state index < -0.39 is 0 Å². The van der Waals surface area contributed by atoms with Gasteiger partial charge in [-0.3, -0.25) is 5.10 Å². The van der Waals surface area contributed by atoms with Crippen LogP contribution in [0.1, 0.15) is 19.8 Å². The van der Waals surface area contributed by atoms with Gasteiger partial charge in [-0.25, -0.2) is 0 Å².